The molecular weight excluding hydrogens is 312 g/mol. The molecule has 0 unspecified atom stereocenters. The van der Waals surface area contributed by atoms with Crippen molar-refractivity contribution in [2.24, 2.45) is 0 Å². The van der Waals surface area contributed by atoms with Crippen LogP contribution in [0.4, 0.5) is 0 Å². The summed E-state index contributed by atoms with van der Waals surface area (Å²) in [5.74, 6) is -0.126. The molecule has 2 heterocycles. The molecule has 5 nitrogen and oxygen atoms in total. The highest BCUT2D eigenvalue weighted by atomic mass is 32.1. The maximum Gasteiger partial charge on any atom is 0.246 e. The summed E-state index contributed by atoms with van der Waals surface area (Å²) in [6, 6.07) is 10.0. The Bertz CT molecular complexity index is 624. The number of carbonyl (C=O) groups is 1. The van der Waals surface area contributed by atoms with Crippen LogP contribution in [0, 0.1) is 0 Å². The fraction of sp³-hybridized carbons (Fsp3) is 0.412. The first-order valence-electron chi connectivity index (χ1n) is 7.77. The molecule has 23 heavy (non-hydrogen) atoms. The molecule has 1 fully saturated rings. The number of benzene rings is 1. The van der Waals surface area contributed by atoms with E-state index in [2.05, 4.69) is 10.3 Å². The molecule has 1 amide bonds. The van der Waals surface area contributed by atoms with E-state index in [-0.39, 0.29) is 18.6 Å². The van der Waals surface area contributed by atoms with Crippen molar-refractivity contribution in [3.63, 3.8) is 0 Å². The van der Waals surface area contributed by atoms with Gasteiger partial charge in [-0.3, -0.25) is 4.79 Å². The minimum Gasteiger partial charge on any atom is -0.376 e. The summed E-state index contributed by atoms with van der Waals surface area (Å²) in [4.78, 5) is 16.3. The maximum absolute atomic E-state index is 11.8. The minimum absolute atomic E-state index is 0.0662. The highest BCUT2D eigenvalue weighted by Crippen LogP contribution is 2.21. The number of nitrogens with one attached hydrogen (secondary N) is 1. The van der Waals surface area contributed by atoms with Crippen molar-refractivity contribution in [1.29, 1.82) is 0 Å². The van der Waals surface area contributed by atoms with Crippen molar-refractivity contribution in [3.05, 3.63) is 40.7 Å². The monoisotopic (exact) mass is 332 g/mol. The van der Waals surface area contributed by atoms with Gasteiger partial charge >= 0.3 is 0 Å². The van der Waals surface area contributed by atoms with E-state index in [9.17, 15) is 4.79 Å². The van der Waals surface area contributed by atoms with E-state index in [4.69, 9.17) is 9.47 Å². The Morgan fingerprint density at radius 1 is 1.39 bits per heavy atom. The van der Waals surface area contributed by atoms with Crippen LogP contribution in [0.25, 0.3) is 11.3 Å². The van der Waals surface area contributed by atoms with Gasteiger partial charge in [0.25, 0.3) is 0 Å². The Hall–Kier alpha value is -1.76. The van der Waals surface area contributed by atoms with Gasteiger partial charge in [-0.25, -0.2) is 4.98 Å². The van der Waals surface area contributed by atoms with Gasteiger partial charge < -0.3 is 14.8 Å². The molecule has 1 aliphatic heterocycles. The molecule has 3 rings (SSSR count). The highest BCUT2D eigenvalue weighted by molar-refractivity contribution is 7.09. The Morgan fingerprint density at radius 3 is 3.04 bits per heavy atom. The molecule has 1 aromatic heterocycles. The minimum atomic E-state index is -0.126. The molecule has 6 heteroatoms. The number of thiazole rings is 1. The molecule has 1 saturated heterocycles. The fourth-order valence-corrected chi connectivity index (χ4v) is 3.16. The summed E-state index contributed by atoms with van der Waals surface area (Å²) in [6.07, 6.45) is 2.24. The second-order valence-corrected chi connectivity index (χ2v) is 6.36. The molecule has 1 aliphatic rings. The molecule has 0 spiro atoms. The van der Waals surface area contributed by atoms with Crippen molar-refractivity contribution in [1.82, 2.24) is 10.3 Å². The molecule has 0 radical (unpaired) electrons. The van der Waals surface area contributed by atoms with E-state index in [0.717, 1.165) is 35.7 Å². The molecule has 0 aliphatic carbocycles. The van der Waals surface area contributed by atoms with Crippen LogP contribution in [0.2, 0.25) is 0 Å². The summed E-state index contributed by atoms with van der Waals surface area (Å²) in [6.45, 7) is 1.78. The van der Waals surface area contributed by atoms with Crippen LogP contribution in [0.3, 0.4) is 0 Å². The third-order valence-corrected chi connectivity index (χ3v) is 4.47. The third-order valence-electron chi connectivity index (χ3n) is 3.62. The lowest BCUT2D eigenvalue weighted by Gasteiger charge is -2.09. The summed E-state index contributed by atoms with van der Waals surface area (Å²) < 4.78 is 10.8. The van der Waals surface area contributed by atoms with Gasteiger partial charge in [0.2, 0.25) is 5.91 Å². The summed E-state index contributed by atoms with van der Waals surface area (Å²) in [5.41, 5.74) is 2.02. The number of aromatic nitrogens is 1. The number of ether oxygens (including phenoxy) is 2. The SMILES string of the molecule is O=C(COC[C@@H]1CCCO1)NCc1nc(-c2ccccc2)cs1. The van der Waals surface area contributed by atoms with Gasteiger partial charge in [0.15, 0.2) is 0 Å². The predicted molar refractivity (Wildman–Crippen MR) is 89.2 cm³/mol. The largest absolute Gasteiger partial charge is 0.376 e. The molecule has 1 N–H and O–H groups in total. The second-order valence-electron chi connectivity index (χ2n) is 5.42. The van der Waals surface area contributed by atoms with E-state index in [1.165, 1.54) is 0 Å². The van der Waals surface area contributed by atoms with Gasteiger partial charge in [0, 0.05) is 17.6 Å². The number of carbonyl (C=O) groups excluding carboxylic acids is 1. The maximum atomic E-state index is 11.8. The molecule has 2 aromatic rings. The van der Waals surface area contributed by atoms with Crippen LogP contribution in [-0.2, 0) is 20.8 Å². The van der Waals surface area contributed by atoms with Gasteiger partial charge in [-0.05, 0) is 12.8 Å². The topological polar surface area (TPSA) is 60.5 Å². The predicted octanol–water partition coefficient (Wildman–Crippen LogP) is 2.62. The van der Waals surface area contributed by atoms with Crippen LogP contribution in [0.1, 0.15) is 17.8 Å². The lowest BCUT2D eigenvalue weighted by atomic mass is 10.2. The van der Waals surface area contributed by atoms with Gasteiger partial charge in [-0.1, -0.05) is 30.3 Å². The average molecular weight is 332 g/mol. The molecule has 122 valence electrons. The van der Waals surface area contributed by atoms with Gasteiger partial charge in [0.05, 0.1) is 24.9 Å². The lowest BCUT2D eigenvalue weighted by Crippen LogP contribution is -2.28. The number of rotatable bonds is 7. The lowest BCUT2D eigenvalue weighted by molar-refractivity contribution is -0.127. The van der Waals surface area contributed by atoms with Gasteiger partial charge in [-0.2, -0.15) is 0 Å². The Morgan fingerprint density at radius 2 is 2.26 bits per heavy atom. The smallest absolute Gasteiger partial charge is 0.246 e. The number of hydrogen-bond acceptors (Lipinski definition) is 5. The van der Waals surface area contributed by atoms with Crippen molar-refractivity contribution in [3.8, 4) is 11.3 Å². The normalized spacial score (nSPS) is 17.3. The molecule has 1 atom stereocenters. The molecule has 0 saturated carbocycles. The van der Waals surface area contributed by atoms with Crippen LogP contribution < -0.4 is 5.32 Å². The Balaban J connectivity index is 1.40. The van der Waals surface area contributed by atoms with E-state index in [1.807, 2.05) is 35.7 Å². The van der Waals surface area contributed by atoms with Crippen LogP contribution >= 0.6 is 11.3 Å². The third kappa shape index (κ3) is 4.86. The van der Waals surface area contributed by atoms with Crippen molar-refractivity contribution in [2.45, 2.75) is 25.5 Å². The molecule has 0 bridgehead atoms. The summed E-state index contributed by atoms with van der Waals surface area (Å²) in [5, 5.41) is 5.72. The zero-order chi connectivity index (χ0) is 15.9. The standard InChI is InChI=1S/C17H20N2O3S/c20-16(11-21-10-14-7-4-8-22-14)18-9-17-19-15(12-23-17)13-5-2-1-3-6-13/h1-3,5-6,12,14H,4,7-11H2,(H,18,20)/t14-/m0/s1. The number of amides is 1. The first-order chi connectivity index (χ1) is 11.3. The number of nitrogens with zero attached hydrogens (tertiary/aromatic N) is 1. The fourth-order valence-electron chi connectivity index (χ4n) is 2.42. The highest BCUT2D eigenvalue weighted by Gasteiger charge is 2.16. The van der Waals surface area contributed by atoms with Crippen LogP contribution in [0.15, 0.2) is 35.7 Å². The molecular formula is C17H20N2O3S. The quantitative estimate of drug-likeness (QED) is 0.847. The van der Waals surface area contributed by atoms with Crippen molar-refractivity contribution in [2.75, 3.05) is 19.8 Å². The van der Waals surface area contributed by atoms with Crippen LogP contribution in [-0.4, -0.2) is 36.8 Å². The Labute approximate surface area is 139 Å². The van der Waals surface area contributed by atoms with Gasteiger partial charge in [0.1, 0.15) is 11.6 Å². The first-order valence-corrected chi connectivity index (χ1v) is 8.65. The van der Waals surface area contributed by atoms with Gasteiger partial charge in [-0.15, -0.1) is 11.3 Å². The summed E-state index contributed by atoms with van der Waals surface area (Å²) in [7, 11) is 0. The van der Waals surface area contributed by atoms with Crippen molar-refractivity contribution >= 4 is 17.2 Å². The number of hydrogen-bond donors (Lipinski definition) is 1. The second kappa shape index (κ2) is 8.19. The zero-order valence-corrected chi connectivity index (χ0v) is 13.7. The van der Waals surface area contributed by atoms with E-state index in [1.54, 1.807) is 11.3 Å². The van der Waals surface area contributed by atoms with Crippen LogP contribution in [0.5, 0.6) is 0 Å². The van der Waals surface area contributed by atoms with E-state index in [0.29, 0.717) is 13.2 Å². The van der Waals surface area contributed by atoms with E-state index < -0.39 is 0 Å². The first kappa shape index (κ1) is 16.1. The average Bonchev–Trinajstić information content (AvgIpc) is 3.25. The zero-order valence-electron chi connectivity index (χ0n) is 12.9. The van der Waals surface area contributed by atoms with Crippen molar-refractivity contribution < 1.29 is 14.3 Å². The summed E-state index contributed by atoms with van der Waals surface area (Å²) >= 11 is 1.54. The molecule has 1 aromatic carbocycles. The Kier molecular flexibility index (Phi) is 5.74. The van der Waals surface area contributed by atoms with E-state index >= 15 is 0 Å².